The van der Waals surface area contributed by atoms with Crippen LogP contribution >= 0.6 is 22.9 Å². The Hall–Kier alpha value is -4.21. The number of amides is 1. The minimum absolute atomic E-state index is 0.0996. The molecule has 192 valence electrons. The van der Waals surface area contributed by atoms with E-state index in [1.165, 1.54) is 35.5 Å². The van der Waals surface area contributed by atoms with Crippen molar-refractivity contribution in [2.24, 2.45) is 0 Å². The molecule has 1 amide bonds. The monoisotopic (exact) mass is 548 g/mol. The Bertz CT molecular complexity index is 1590. The van der Waals surface area contributed by atoms with Crippen LogP contribution in [0.1, 0.15) is 34.5 Å². The second kappa shape index (κ2) is 10.3. The van der Waals surface area contributed by atoms with E-state index in [2.05, 4.69) is 4.98 Å². The summed E-state index contributed by atoms with van der Waals surface area (Å²) in [5.74, 6) is -1.89. The number of rotatable bonds is 6. The lowest BCUT2D eigenvalue weighted by molar-refractivity contribution is -0.132. The molecule has 3 aromatic carbocycles. The number of anilines is 1. The average molecular weight is 549 g/mol. The van der Waals surface area contributed by atoms with E-state index in [0.29, 0.717) is 39.6 Å². The summed E-state index contributed by atoms with van der Waals surface area (Å²) in [6.45, 7) is 2.38. The van der Waals surface area contributed by atoms with E-state index < -0.39 is 23.7 Å². The van der Waals surface area contributed by atoms with E-state index in [4.69, 9.17) is 21.1 Å². The maximum Gasteiger partial charge on any atom is 0.337 e. The van der Waals surface area contributed by atoms with Crippen LogP contribution in [0.25, 0.3) is 16.0 Å². The van der Waals surface area contributed by atoms with Crippen LogP contribution in [0.4, 0.5) is 5.13 Å². The molecule has 0 radical (unpaired) electrons. The Kier molecular flexibility index (Phi) is 6.88. The highest BCUT2D eigenvalue weighted by atomic mass is 35.5. The summed E-state index contributed by atoms with van der Waals surface area (Å²) in [4.78, 5) is 44.7. The highest BCUT2D eigenvalue weighted by molar-refractivity contribution is 7.22. The second-order valence-electron chi connectivity index (χ2n) is 8.35. The Morgan fingerprint density at radius 2 is 1.74 bits per heavy atom. The zero-order valence-electron chi connectivity index (χ0n) is 20.3. The Morgan fingerprint density at radius 3 is 2.39 bits per heavy atom. The number of aliphatic hydroxyl groups is 1. The molecular formula is C28H21ClN2O6S. The third kappa shape index (κ3) is 4.51. The summed E-state index contributed by atoms with van der Waals surface area (Å²) in [6.07, 6.45) is 0. The van der Waals surface area contributed by atoms with E-state index >= 15 is 0 Å². The van der Waals surface area contributed by atoms with Crippen LogP contribution in [-0.2, 0) is 14.3 Å². The van der Waals surface area contributed by atoms with Crippen molar-refractivity contribution in [1.29, 1.82) is 0 Å². The van der Waals surface area contributed by atoms with Crippen molar-refractivity contribution >= 4 is 61.7 Å². The summed E-state index contributed by atoms with van der Waals surface area (Å²) < 4.78 is 11.1. The number of ketones is 1. The van der Waals surface area contributed by atoms with Gasteiger partial charge >= 0.3 is 11.9 Å². The highest BCUT2D eigenvalue weighted by Gasteiger charge is 2.48. The van der Waals surface area contributed by atoms with Gasteiger partial charge < -0.3 is 14.6 Å². The van der Waals surface area contributed by atoms with Gasteiger partial charge in [0.25, 0.3) is 5.78 Å². The molecule has 1 aromatic heterocycles. The molecule has 0 saturated carbocycles. The number of carbonyl (C=O) groups is 3. The van der Waals surface area contributed by atoms with Crippen molar-refractivity contribution in [2.75, 3.05) is 18.6 Å². The van der Waals surface area contributed by atoms with Crippen molar-refractivity contribution in [3.05, 3.63) is 94.0 Å². The number of halogens is 1. The van der Waals surface area contributed by atoms with Gasteiger partial charge in [0.2, 0.25) is 0 Å². The van der Waals surface area contributed by atoms with Gasteiger partial charge in [0.05, 0.1) is 41.1 Å². The van der Waals surface area contributed by atoms with Crippen LogP contribution in [0.3, 0.4) is 0 Å². The number of ether oxygens (including phenoxy) is 2. The van der Waals surface area contributed by atoms with Gasteiger partial charge in [0, 0.05) is 10.6 Å². The van der Waals surface area contributed by atoms with Gasteiger partial charge in [-0.05, 0) is 67.1 Å². The van der Waals surface area contributed by atoms with Gasteiger partial charge in [0.15, 0.2) is 5.13 Å². The molecule has 2 heterocycles. The Morgan fingerprint density at radius 1 is 1.05 bits per heavy atom. The number of fused-ring (bicyclic) bond motifs is 1. The normalized spacial score (nSPS) is 16.7. The molecule has 1 aliphatic heterocycles. The minimum atomic E-state index is -0.996. The molecular weight excluding hydrogens is 528 g/mol. The number of Topliss-reactive ketones (excluding diaryl/α,β-unsaturated/α-hetero) is 1. The smallest absolute Gasteiger partial charge is 0.337 e. The molecule has 0 unspecified atom stereocenters. The standard InChI is InChI=1S/C28H21ClN2O6S/c1-3-37-19-12-13-20-21(14-19)38-28(30-20)31-23(15-4-6-17(7-5-15)27(35)36-2)22(25(33)26(31)34)24(32)16-8-10-18(29)11-9-16/h4-14,23,32H,3H2,1-2H3/b24-22+/t23-/m0/s1. The van der Waals surface area contributed by atoms with E-state index in [1.54, 1.807) is 48.5 Å². The summed E-state index contributed by atoms with van der Waals surface area (Å²) in [5.41, 5.74) is 1.66. The number of thiazole rings is 1. The van der Waals surface area contributed by atoms with Crippen molar-refractivity contribution in [3.63, 3.8) is 0 Å². The van der Waals surface area contributed by atoms with Gasteiger partial charge in [0.1, 0.15) is 11.5 Å². The van der Waals surface area contributed by atoms with Crippen molar-refractivity contribution < 1.29 is 29.0 Å². The number of esters is 1. The van der Waals surface area contributed by atoms with Crippen LogP contribution in [0.15, 0.2) is 72.3 Å². The summed E-state index contributed by atoms with van der Waals surface area (Å²) in [7, 11) is 1.28. The van der Waals surface area contributed by atoms with Crippen LogP contribution in [0, 0.1) is 0 Å². The first kappa shape index (κ1) is 25.4. The van der Waals surface area contributed by atoms with E-state index in [1.807, 2.05) is 13.0 Å². The summed E-state index contributed by atoms with van der Waals surface area (Å²) in [5, 5.41) is 12.0. The van der Waals surface area contributed by atoms with E-state index in [0.717, 1.165) is 4.70 Å². The SMILES string of the molecule is CCOc1ccc2nc(N3C(=O)C(=O)/C(=C(/O)c4ccc(Cl)cc4)[C@@H]3c3ccc(C(=O)OC)cc3)sc2c1. The molecule has 1 fully saturated rings. The van der Waals surface area contributed by atoms with Gasteiger partial charge in [-0.2, -0.15) is 0 Å². The molecule has 0 spiro atoms. The van der Waals surface area contributed by atoms with Gasteiger partial charge in [-0.3, -0.25) is 14.5 Å². The van der Waals surface area contributed by atoms with Gasteiger partial charge in [-0.25, -0.2) is 9.78 Å². The Balaban J connectivity index is 1.68. The zero-order chi connectivity index (χ0) is 27.0. The lowest BCUT2D eigenvalue weighted by Crippen LogP contribution is -2.29. The fourth-order valence-corrected chi connectivity index (χ4v) is 5.43. The number of carbonyl (C=O) groups excluding carboxylic acids is 3. The molecule has 1 aliphatic rings. The van der Waals surface area contributed by atoms with Crippen molar-refractivity contribution in [2.45, 2.75) is 13.0 Å². The zero-order valence-corrected chi connectivity index (χ0v) is 21.9. The topological polar surface area (TPSA) is 106 Å². The number of methoxy groups -OCH3 is 1. The third-order valence-electron chi connectivity index (χ3n) is 6.08. The predicted molar refractivity (Wildman–Crippen MR) is 145 cm³/mol. The highest BCUT2D eigenvalue weighted by Crippen LogP contribution is 2.44. The molecule has 5 rings (SSSR count). The molecule has 10 heteroatoms. The molecule has 1 saturated heterocycles. The summed E-state index contributed by atoms with van der Waals surface area (Å²) in [6, 6.07) is 17.0. The summed E-state index contributed by atoms with van der Waals surface area (Å²) >= 11 is 7.22. The largest absolute Gasteiger partial charge is 0.507 e. The van der Waals surface area contributed by atoms with Crippen LogP contribution < -0.4 is 9.64 Å². The lowest BCUT2D eigenvalue weighted by Gasteiger charge is -2.23. The van der Waals surface area contributed by atoms with Gasteiger partial charge in [-0.15, -0.1) is 0 Å². The first-order chi connectivity index (χ1) is 18.3. The van der Waals surface area contributed by atoms with Crippen LogP contribution in [0.2, 0.25) is 5.02 Å². The molecule has 0 aliphatic carbocycles. The Labute approximate surface area is 226 Å². The number of nitrogens with zero attached hydrogens (tertiary/aromatic N) is 2. The first-order valence-electron chi connectivity index (χ1n) is 11.6. The number of aliphatic hydroxyl groups excluding tert-OH is 1. The third-order valence-corrected chi connectivity index (χ3v) is 7.34. The van der Waals surface area contributed by atoms with Crippen LogP contribution in [0.5, 0.6) is 5.75 Å². The minimum Gasteiger partial charge on any atom is -0.507 e. The number of hydrogen-bond donors (Lipinski definition) is 1. The maximum atomic E-state index is 13.4. The molecule has 8 nitrogen and oxygen atoms in total. The number of hydrogen-bond acceptors (Lipinski definition) is 8. The lowest BCUT2D eigenvalue weighted by atomic mass is 9.95. The first-order valence-corrected chi connectivity index (χ1v) is 12.8. The molecule has 38 heavy (non-hydrogen) atoms. The van der Waals surface area contributed by atoms with Crippen molar-refractivity contribution in [3.8, 4) is 5.75 Å². The molecule has 1 N–H and O–H groups in total. The molecule has 0 bridgehead atoms. The predicted octanol–water partition coefficient (Wildman–Crippen LogP) is 5.76. The van der Waals surface area contributed by atoms with E-state index in [9.17, 15) is 19.5 Å². The van der Waals surface area contributed by atoms with Gasteiger partial charge in [-0.1, -0.05) is 35.1 Å². The number of aromatic nitrogens is 1. The quantitative estimate of drug-likeness (QED) is 0.141. The van der Waals surface area contributed by atoms with E-state index in [-0.39, 0.29) is 16.5 Å². The fourth-order valence-electron chi connectivity index (χ4n) is 4.28. The second-order valence-corrected chi connectivity index (χ2v) is 9.79. The molecule has 4 aromatic rings. The fraction of sp³-hybridized carbons (Fsp3) is 0.143. The van der Waals surface area contributed by atoms with Crippen LogP contribution in [-0.4, -0.2) is 41.5 Å². The average Bonchev–Trinajstić information content (AvgIpc) is 3.46. The number of benzene rings is 3. The molecule has 1 atom stereocenters. The maximum absolute atomic E-state index is 13.4. The van der Waals surface area contributed by atoms with Crippen molar-refractivity contribution in [1.82, 2.24) is 4.98 Å².